The van der Waals surface area contributed by atoms with E-state index in [1.807, 2.05) is 6.07 Å². The quantitative estimate of drug-likeness (QED) is 0.861. The lowest BCUT2D eigenvalue weighted by Gasteiger charge is -2.37. The summed E-state index contributed by atoms with van der Waals surface area (Å²) in [6.07, 6.45) is 5.52. The number of benzene rings is 1. The number of rotatable bonds is 3. The number of aryl methyl sites for hydroxylation is 2. The van der Waals surface area contributed by atoms with Gasteiger partial charge in [-0.25, -0.2) is 8.42 Å². The van der Waals surface area contributed by atoms with Crippen molar-refractivity contribution in [1.82, 2.24) is 19.7 Å². The first-order chi connectivity index (χ1) is 11.5. The summed E-state index contributed by atoms with van der Waals surface area (Å²) in [6.45, 7) is 0.401. The number of β-amino-alcohol motifs (C(OH)–C–C–N with tert-alkyl or cyclic N) is 1. The monoisotopic (exact) mass is 348 g/mol. The van der Waals surface area contributed by atoms with Crippen LogP contribution in [0.25, 0.3) is 0 Å². The number of aliphatic hydroxyl groups is 1. The van der Waals surface area contributed by atoms with Gasteiger partial charge in [-0.3, -0.25) is 0 Å². The van der Waals surface area contributed by atoms with Crippen molar-refractivity contribution < 1.29 is 13.5 Å². The Labute approximate surface area is 140 Å². The predicted molar refractivity (Wildman–Crippen MR) is 86.7 cm³/mol. The molecule has 2 aliphatic rings. The molecule has 8 heteroatoms. The number of aromatic amines is 1. The number of hydrogen-bond acceptors (Lipinski definition) is 5. The average molecular weight is 348 g/mol. The summed E-state index contributed by atoms with van der Waals surface area (Å²) < 4.78 is 27.4. The first-order valence-electron chi connectivity index (χ1n) is 8.20. The van der Waals surface area contributed by atoms with Gasteiger partial charge in [0.25, 0.3) is 0 Å². The van der Waals surface area contributed by atoms with E-state index in [4.69, 9.17) is 0 Å². The summed E-state index contributed by atoms with van der Waals surface area (Å²) >= 11 is 0. The van der Waals surface area contributed by atoms with Crippen LogP contribution in [0.15, 0.2) is 29.3 Å². The van der Waals surface area contributed by atoms with Crippen LogP contribution in [0, 0.1) is 0 Å². The molecule has 1 unspecified atom stereocenters. The second-order valence-electron chi connectivity index (χ2n) is 6.61. The topological polar surface area (TPSA) is 99.2 Å². The van der Waals surface area contributed by atoms with Crippen molar-refractivity contribution >= 4 is 10.0 Å². The van der Waals surface area contributed by atoms with Crippen LogP contribution in [0.1, 0.15) is 36.1 Å². The fourth-order valence-electron chi connectivity index (χ4n) is 3.70. The van der Waals surface area contributed by atoms with E-state index in [2.05, 4.69) is 15.4 Å². The highest BCUT2D eigenvalue weighted by Crippen LogP contribution is 2.33. The molecule has 128 valence electrons. The lowest BCUT2D eigenvalue weighted by molar-refractivity contribution is -0.0161. The normalized spacial score (nSPS) is 24.9. The third-order valence-electron chi connectivity index (χ3n) is 5.04. The number of nitrogens with one attached hydrogen (secondary N) is 1. The second kappa shape index (κ2) is 5.65. The third kappa shape index (κ3) is 2.54. The molecule has 2 N–H and O–H groups in total. The Balaban J connectivity index is 1.64. The van der Waals surface area contributed by atoms with Crippen LogP contribution in [0.3, 0.4) is 0 Å². The second-order valence-corrected chi connectivity index (χ2v) is 8.55. The molecule has 1 aliphatic heterocycles. The van der Waals surface area contributed by atoms with Gasteiger partial charge in [0.15, 0.2) is 0 Å². The number of aromatic nitrogens is 3. The smallest absolute Gasteiger partial charge is 0.243 e. The zero-order valence-electron chi connectivity index (χ0n) is 13.3. The molecule has 0 saturated carbocycles. The SMILES string of the molecule is O=S(=O)(c1ccc2c(c1)CCC2)N1CCCC(O)(c2cn[nH]n2)C1. The predicted octanol–water partition coefficient (Wildman–Crippen LogP) is 0.966. The van der Waals surface area contributed by atoms with E-state index < -0.39 is 15.6 Å². The first kappa shape index (κ1) is 15.7. The van der Waals surface area contributed by atoms with E-state index in [0.29, 0.717) is 30.0 Å². The zero-order chi connectivity index (χ0) is 16.8. The molecule has 1 aliphatic carbocycles. The van der Waals surface area contributed by atoms with Gasteiger partial charge in [-0.2, -0.15) is 19.7 Å². The van der Waals surface area contributed by atoms with Crippen LogP contribution >= 0.6 is 0 Å². The largest absolute Gasteiger partial charge is 0.382 e. The highest BCUT2D eigenvalue weighted by atomic mass is 32.2. The summed E-state index contributed by atoms with van der Waals surface area (Å²) in [5.41, 5.74) is 1.46. The fourth-order valence-corrected chi connectivity index (χ4v) is 5.28. The Hall–Kier alpha value is -1.77. The minimum absolute atomic E-state index is 0.00104. The molecule has 0 amide bonds. The molecule has 0 spiro atoms. The number of H-pyrrole nitrogens is 1. The van der Waals surface area contributed by atoms with Crippen molar-refractivity contribution in [3.05, 3.63) is 41.2 Å². The molecule has 24 heavy (non-hydrogen) atoms. The van der Waals surface area contributed by atoms with Gasteiger partial charge in [0, 0.05) is 13.1 Å². The van der Waals surface area contributed by atoms with Gasteiger partial charge >= 0.3 is 0 Å². The van der Waals surface area contributed by atoms with Crippen LogP contribution in [-0.4, -0.2) is 46.3 Å². The van der Waals surface area contributed by atoms with Gasteiger partial charge in [0.1, 0.15) is 11.3 Å². The maximum atomic E-state index is 13.0. The number of fused-ring (bicyclic) bond motifs is 1. The number of piperidine rings is 1. The summed E-state index contributed by atoms with van der Waals surface area (Å²) in [6, 6.07) is 5.40. The molecule has 2 aromatic rings. The molecule has 7 nitrogen and oxygen atoms in total. The molecule has 1 atom stereocenters. The molecule has 1 aromatic carbocycles. The van der Waals surface area contributed by atoms with Crippen molar-refractivity contribution in [2.45, 2.75) is 42.6 Å². The van der Waals surface area contributed by atoms with Crippen molar-refractivity contribution in [1.29, 1.82) is 0 Å². The minimum Gasteiger partial charge on any atom is -0.382 e. The van der Waals surface area contributed by atoms with E-state index in [1.54, 1.807) is 12.1 Å². The summed E-state index contributed by atoms with van der Waals surface area (Å²) in [5, 5.41) is 21.0. The summed E-state index contributed by atoms with van der Waals surface area (Å²) in [7, 11) is -3.63. The Bertz CT molecular complexity index is 850. The molecule has 2 heterocycles. The van der Waals surface area contributed by atoms with Crippen LogP contribution in [0.4, 0.5) is 0 Å². The van der Waals surface area contributed by atoms with Gasteiger partial charge < -0.3 is 5.11 Å². The summed E-state index contributed by atoms with van der Waals surface area (Å²) in [5.74, 6) is 0. The Morgan fingerprint density at radius 1 is 1.21 bits per heavy atom. The third-order valence-corrected chi connectivity index (χ3v) is 6.88. The number of sulfonamides is 1. The lowest BCUT2D eigenvalue weighted by Crippen LogP contribution is -2.48. The van der Waals surface area contributed by atoms with Gasteiger partial charge in [0.2, 0.25) is 10.0 Å². The van der Waals surface area contributed by atoms with Gasteiger partial charge in [0.05, 0.1) is 11.1 Å². The molecule has 1 fully saturated rings. The van der Waals surface area contributed by atoms with Crippen LogP contribution in [0.2, 0.25) is 0 Å². The molecule has 4 rings (SSSR count). The van der Waals surface area contributed by atoms with E-state index in [0.717, 1.165) is 24.8 Å². The molecule has 0 bridgehead atoms. The standard InChI is InChI=1S/C16H20N4O3S/c21-16(15-10-17-19-18-15)7-2-8-20(11-16)24(22,23)14-6-5-12-3-1-4-13(12)9-14/h5-6,9-10,21H,1-4,7-8,11H2,(H,17,18,19). The van der Waals surface area contributed by atoms with Crippen molar-refractivity contribution in [3.63, 3.8) is 0 Å². The molecule has 0 radical (unpaired) electrons. The Morgan fingerprint density at radius 3 is 2.83 bits per heavy atom. The average Bonchev–Trinajstić information content (AvgIpc) is 3.26. The van der Waals surface area contributed by atoms with Gasteiger partial charge in [-0.05, 0) is 55.4 Å². The lowest BCUT2D eigenvalue weighted by atomic mass is 9.91. The van der Waals surface area contributed by atoms with Gasteiger partial charge in [-0.15, -0.1) is 0 Å². The molecular weight excluding hydrogens is 328 g/mol. The minimum atomic E-state index is -3.63. The van der Waals surface area contributed by atoms with E-state index >= 15 is 0 Å². The molecule has 1 aromatic heterocycles. The molecular formula is C16H20N4O3S. The Morgan fingerprint density at radius 2 is 2.04 bits per heavy atom. The van der Waals surface area contributed by atoms with Crippen LogP contribution in [-0.2, 0) is 28.5 Å². The van der Waals surface area contributed by atoms with Crippen LogP contribution < -0.4 is 0 Å². The maximum Gasteiger partial charge on any atom is 0.243 e. The molecule has 1 saturated heterocycles. The van der Waals surface area contributed by atoms with Crippen molar-refractivity contribution in [2.24, 2.45) is 0 Å². The van der Waals surface area contributed by atoms with Crippen molar-refractivity contribution in [3.8, 4) is 0 Å². The number of hydrogen-bond donors (Lipinski definition) is 2. The highest BCUT2D eigenvalue weighted by Gasteiger charge is 2.41. The van der Waals surface area contributed by atoms with Gasteiger partial charge in [-0.1, -0.05) is 6.07 Å². The summed E-state index contributed by atoms with van der Waals surface area (Å²) in [4.78, 5) is 0.313. The highest BCUT2D eigenvalue weighted by molar-refractivity contribution is 7.89. The van der Waals surface area contributed by atoms with Crippen molar-refractivity contribution in [2.75, 3.05) is 13.1 Å². The number of nitrogens with zero attached hydrogens (tertiary/aromatic N) is 3. The first-order valence-corrected chi connectivity index (χ1v) is 9.64. The van der Waals surface area contributed by atoms with E-state index in [9.17, 15) is 13.5 Å². The van der Waals surface area contributed by atoms with E-state index in [1.165, 1.54) is 16.1 Å². The Kier molecular flexibility index (Phi) is 3.70. The zero-order valence-corrected chi connectivity index (χ0v) is 14.1. The fraction of sp³-hybridized carbons (Fsp3) is 0.500. The van der Waals surface area contributed by atoms with E-state index in [-0.39, 0.29) is 6.54 Å². The maximum absolute atomic E-state index is 13.0. The van der Waals surface area contributed by atoms with Crippen LogP contribution in [0.5, 0.6) is 0 Å².